The molecule has 0 amide bonds. The van der Waals surface area contributed by atoms with Crippen molar-refractivity contribution in [2.45, 2.75) is 38.8 Å². The molecule has 0 N–H and O–H groups in total. The lowest BCUT2D eigenvalue weighted by atomic mass is 10.3. The SMILES string of the molecule is CCn1c(=O)n(Cc2nc(C3CC3)no2)c2ccccc21. The highest BCUT2D eigenvalue weighted by molar-refractivity contribution is 5.76. The molecule has 1 aliphatic rings. The highest BCUT2D eigenvalue weighted by Crippen LogP contribution is 2.38. The Labute approximate surface area is 121 Å². The quantitative estimate of drug-likeness (QED) is 0.736. The molecule has 108 valence electrons. The third-order valence-corrected chi connectivity index (χ3v) is 3.96. The Kier molecular flexibility index (Phi) is 2.70. The lowest BCUT2D eigenvalue weighted by Crippen LogP contribution is -2.24. The molecule has 0 bridgehead atoms. The second-order valence-corrected chi connectivity index (χ2v) is 5.42. The first-order valence-electron chi connectivity index (χ1n) is 7.28. The van der Waals surface area contributed by atoms with Crippen molar-refractivity contribution in [1.29, 1.82) is 0 Å². The Morgan fingerprint density at radius 2 is 1.95 bits per heavy atom. The third-order valence-electron chi connectivity index (χ3n) is 3.96. The van der Waals surface area contributed by atoms with E-state index >= 15 is 0 Å². The average molecular weight is 284 g/mol. The summed E-state index contributed by atoms with van der Waals surface area (Å²) >= 11 is 0. The van der Waals surface area contributed by atoms with Gasteiger partial charge in [0.1, 0.15) is 6.54 Å². The summed E-state index contributed by atoms with van der Waals surface area (Å²) in [5.41, 5.74) is 1.80. The molecule has 1 aliphatic carbocycles. The molecule has 6 nitrogen and oxygen atoms in total. The Morgan fingerprint density at radius 1 is 1.24 bits per heavy atom. The predicted octanol–water partition coefficient (Wildman–Crippen LogP) is 2.13. The molecule has 1 fully saturated rings. The maximum Gasteiger partial charge on any atom is 0.329 e. The number of imidazole rings is 1. The van der Waals surface area contributed by atoms with E-state index in [4.69, 9.17) is 4.52 Å². The minimum Gasteiger partial charge on any atom is -0.337 e. The fourth-order valence-corrected chi connectivity index (χ4v) is 2.71. The van der Waals surface area contributed by atoms with E-state index in [0.29, 0.717) is 24.9 Å². The van der Waals surface area contributed by atoms with Gasteiger partial charge in [0.15, 0.2) is 5.82 Å². The van der Waals surface area contributed by atoms with Crippen LogP contribution >= 0.6 is 0 Å². The van der Waals surface area contributed by atoms with E-state index in [1.807, 2.05) is 31.2 Å². The van der Waals surface area contributed by atoms with E-state index in [0.717, 1.165) is 29.7 Å². The van der Waals surface area contributed by atoms with Gasteiger partial charge in [0.2, 0.25) is 5.89 Å². The van der Waals surface area contributed by atoms with E-state index in [1.54, 1.807) is 9.13 Å². The molecule has 6 heteroatoms. The summed E-state index contributed by atoms with van der Waals surface area (Å²) in [6.07, 6.45) is 2.27. The largest absolute Gasteiger partial charge is 0.337 e. The van der Waals surface area contributed by atoms with Gasteiger partial charge in [-0.3, -0.25) is 9.13 Å². The lowest BCUT2D eigenvalue weighted by molar-refractivity contribution is 0.365. The van der Waals surface area contributed by atoms with E-state index in [1.165, 1.54) is 0 Å². The molecule has 2 heterocycles. The zero-order chi connectivity index (χ0) is 14.4. The monoisotopic (exact) mass is 284 g/mol. The van der Waals surface area contributed by atoms with Crippen molar-refractivity contribution >= 4 is 11.0 Å². The van der Waals surface area contributed by atoms with Crippen LogP contribution in [0, 0.1) is 0 Å². The van der Waals surface area contributed by atoms with Crippen LogP contribution < -0.4 is 5.69 Å². The van der Waals surface area contributed by atoms with Gasteiger partial charge in [0.05, 0.1) is 11.0 Å². The van der Waals surface area contributed by atoms with Gasteiger partial charge in [0.25, 0.3) is 0 Å². The lowest BCUT2D eigenvalue weighted by Gasteiger charge is -1.97. The van der Waals surface area contributed by atoms with E-state index < -0.39 is 0 Å². The van der Waals surface area contributed by atoms with Crippen LogP contribution in [0.5, 0.6) is 0 Å². The van der Waals surface area contributed by atoms with Crippen molar-refractivity contribution in [2.24, 2.45) is 0 Å². The summed E-state index contributed by atoms with van der Waals surface area (Å²) in [7, 11) is 0. The van der Waals surface area contributed by atoms with Gasteiger partial charge < -0.3 is 4.52 Å². The number of fused-ring (bicyclic) bond motifs is 1. The van der Waals surface area contributed by atoms with Gasteiger partial charge in [-0.15, -0.1) is 0 Å². The molecule has 0 spiro atoms. The Balaban J connectivity index is 1.78. The van der Waals surface area contributed by atoms with E-state index in [2.05, 4.69) is 10.1 Å². The molecule has 4 rings (SSSR count). The molecule has 0 aliphatic heterocycles. The first-order chi connectivity index (χ1) is 10.3. The summed E-state index contributed by atoms with van der Waals surface area (Å²) in [5, 5.41) is 4.00. The van der Waals surface area contributed by atoms with Crippen molar-refractivity contribution in [2.75, 3.05) is 0 Å². The normalized spacial score (nSPS) is 14.9. The predicted molar refractivity (Wildman–Crippen MR) is 77.2 cm³/mol. The zero-order valence-electron chi connectivity index (χ0n) is 11.8. The summed E-state index contributed by atoms with van der Waals surface area (Å²) in [6, 6.07) is 7.78. The number of aromatic nitrogens is 4. The van der Waals surface area contributed by atoms with Crippen LogP contribution in [0.4, 0.5) is 0 Å². The van der Waals surface area contributed by atoms with Crippen molar-refractivity contribution in [3.63, 3.8) is 0 Å². The molecule has 21 heavy (non-hydrogen) atoms. The van der Waals surface area contributed by atoms with E-state index in [9.17, 15) is 4.79 Å². The highest BCUT2D eigenvalue weighted by atomic mass is 16.5. The zero-order valence-corrected chi connectivity index (χ0v) is 11.8. The minimum atomic E-state index is -0.0372. The fraction of sp³-hybridized carbons (Fsp3) is 0.400. The molecule has 2 aromatic heterocycles. The molecular weight excluding hydrogens is 268 g/mol. The Morgan fingerprint density at radius 3 is 2.62 bits per heavy atom. The van der Waals surface area contributed by atoms with Crippen LogP contribution in [0.15, 0.2) is 33.6 Å². The van der Waals surface area contributed by atoms with Crippen LogP contribution in [0.2, 0.25) is 0 Å². The number of para-hydroxylation sites is 2. The summed E-state index contributed by atoms with van der Waals surface area (Å²) in [5.74, 6) is 1.73. The third kappa shape index (κ3) is 1.98. The molecule has 0 saturated heterocycles. The number of hydrogen-bond donors (Lipinski definition) is 0. The van der Waals surface area contributed by atoms with E-state index in [-0.39, 0.29) is 5.69 Å². The van der Waals surface area contributed by atoms with Gasteiger partial charge in [-0.25, -0.2) is 4.79 Å². The van der Waals surface area contributed by atoms with Crippen molar-refractivity contribution in [3.8, 4) is 0 Å². The van der Waals surface area contributed by atoms with Gasteiger partial charge in [-0.05, 0) is 31.9 Å². The van der Waals surface area contributed by atoms with Crippen molar-refractivity contribution in [1.82, 2.24) is 19.3 Å². The molecule has 0 atom stereocenters. The van der Waals surface area contributed by atoms with Gasteiger partial charge in [-0.2, -0.15) is 4.98 Å². The molecule has 1 saturated carbocycles. The van der Waals surface area contributed by atoms with Crippen LogP contribution in [-0.4, -0.2) is 19.3 Å². The summed E-state index contributed by atoms with van der Waals surface area (Å²) in [6.45, 7) is 2.94. The van der Waals surface area contributed by atoms with Gasteiger partial charge >= 0.3 is 5.69 Å². The van der Waals surface area contributed by atoms with Crippen LogP contribution in [0.25, 0.3) is 11.0 Å². The maximum atomic E-state index is 12.5. The van der Waals surface area contributed by atoms with Crippen molar-refractivity contribution in [3.05, 3.63) is 46.5 Å². The average Bonchev–Trinajstić information content (AvgIpc) is 3.19. The number of aryl methyl sites for hydroxylation is 1. The van der Waals surface area contributed by atoms with Crippen LogP contribution in [0.1, 0.15) is 37.4 Å². The number of rotatable bonds is 4. The maximum absolute atomic E-state index is 12.5. The molecule has 0 unspecified atom stereocenters. The highest BCUT2D eigenvalue weighted by Gasteiger charge is 2.29. The second-order valence-electron chi connectivity index (χ2n) is 5.42. The van der Waals surface area contributed by atoms with Gasteiger partial charge in [0, 0.05) is 12.5 Å². The Hall–Kier alpha value is -2.37. The van der Waals surface area contributed by atoms with Gasteiger partial charge in [-0.1, -0.05) is 17.3 Å². The first kappa shape index (κ1) is 12.4. The second kappa shape index (κ2) is 4.58. The molecular formula is C15H16N4O2. The minimum absolute atomic E-state index is 0.0372. The standard InChI is InChI=1S/C15H16N4O2/c1-2-18-11-5-3-4-6-12(11)19(15(18)20)9-13-16-14(17-21-13)10-7-8-10/h3-6,10H,2,7-9H2,1H3. The van der Waals surface area contributed by atoms with Crippen molar-refractivity contribution < 1.29 is 4.52 Å². The number of hydrogen-bond acceptors (Lipinski definition) is 4. The molecule has 1 aromatic carbocycles. The number of nitrogens with zero attached hydrogens (tertiary/aromatic N) is 4. The number of benzene rings is 1. The Bertz CT molecular complexity index is 854. The summed E-state index contributed by atoms with van der Waals surface area (Å²) in [4.78, 5) is 16.9. The van der Waals surface area contributed by atoms with Crippen LogP contribution in [0.3, 0.4) is 0 Å². The smallest absolute Gasteiger partial charge is 0.329 e. The van der Waals surface area contributed by atoms with Crippen LogP contribution in [-0.2, 0) is 13.1 Å². The topological polar surface area (TPSA) is 65.8 Å². The summed E-state index contributed by atoms with van der Waals surface area (Å²) < 4.78 is 8.74. The molecule has 3 aromatic rings. The molecule has 0 radical (unpaired) electrons. The first-order valence-corrected chi connectivity index (χ1v) is 7.28. The fourth-order valence-electron chi connectivity index (χ4n) is 2.71.